The molecule has 0 bridgehead atoms. The highest BCUT2D eigenvalue weighted by atomic mass is 35.5. The highest BCUT2D eigenvalue weighted by molar-refractivity contribution is 6.32. The summed E-state index contributed by atoms with van der Waals surface area (Å²) in [4.78, 5) is 0. The minimum Gasteiger partial charge on any atom is -0.495 e. The van der Waals surface area contributed by atoms with Crippen LogP contribution in [0.5, 0.6) is 11.5 Å². The first-order valence-electron chi connectivity index (χ1n) is 5.64. The lowest BCUT2D eigenvalue weighted by atomic mass is 10.2. The van der Waals surface area contributed by atoms with Crippen LogP contribution in [-0.4, -0.2) is 29.0 Å². The lowest BCUT2D eigenvalue weighted by Crippen LogP contribution is -2.06. The number of nitrogens with zero attached hydrogens (tertiary/aromatic N) is 3. The summed E-state index contributed by atoms with van der Waals surface area (Å²) in [7, 11) is 5.04. The molecule has 0 aliphatic carbocycles. The smallest absolute Gasteiger partial charge is 0.151 e. The third kappa shape index (κ3) is 2.90. The van der Waals surface area contributed by atoms with E-state index in [2.05, 4.69) is 15.5 Å². The van der Waals surface area contributed by atoms with Crippen LogP contribution in [0.3, 0.4) is 0 Å². The van der Waals surface area contributed by atoms with Crippen molar-refractivity contribution >= 4 is 17.3 Å². The van der Waals surface area contributed by atoms with Gasteiger partial charge in [-0.3, -0.25) is 0 Å². The number of hydrogen-bond donors (Lipinski definition) is 1. The van der Waals surface area contributed by atoms with Crippen LogP contribution < -0.4 is 14.8 Å². The van der Waals surface area contributed by atoms with Crippen LogP contribution in [-0.2, 0) is 13.6 Å². The molecule has 0 saturated carbocycles. The van der Waals surface area contributed by atoms with Crippen LogP contribution in [0, 0.1) is 0 Å². The van der Waals surface area contributed by atoms with Crippen molar-refractivity contribution in [1.29, 1.82) is 0 Å². The number of nitrogens with one attached hydrogen (secondary N) is 1. The zero-order valence-corrected chi connectivity index (χ0v) is 11.7. The Morgan fingerprint density at radius 3 is 2.58 bits per heavy atom. The second-order valence-corrected chi connectivity index (χ2v) is 4.31. The number of hydrogen-bond acceptors (Lipinski definition) is 5. The van der Waals surface area contributed by atoms with Gasteiger partial charge in [-0.15, -0.1) is 10.2 Å². The fraction of sp³-hybridized carbons (Fsp3) is 0.333. The van der Waals surface area contributed by atoms with Crippen molar-refractivity contribution in [2.45, 2.75) is 6.54 Å². The lowest BCUT2D eigenvalue weighted by Gasteiger charge is -2.13. The van der Waals surface area contributed by atoms with Crippen LogP contribution in [0.4, 0.5) is 5.69 Å². The molecule has 0 aliphatic rings. The summed E-state index contributed by atoms with van der Waals surface area (Å²) in [5.41, 5.74) is 0.774. The standard InChI is InChI=1S/C12H15ClN4O2/c1-17-7-15-16-12(17)6-14-9-4-8(13)10(18-2)5-11(9)19-3/h4-5,7,14H,6H2,1-3H3. The van der Waals surface area contributed by atoms with Crippen molar-refractivity contribution in [3.05, 3.63) is 29.3 Å². The molecule has 19 heavy (non-hydrogen) atoms. The lowest BCUT2D eigenvalue weighted by molar-refractivity contribution is 0.395. The van der Waals surface area contributed by atoms with Crippen LogP contribution in [0.2, 0.25) is 5.02 Å². The van der Waals surface area contributed by atoms with Gasteiger partial charge in [0.15, 0.2) is 5.82 Å². The molecular formula is C12H15ClN4O2. The quantitative estimate of drug-likeness (QED) is 0.910. The number of rotatable bonds is 5. The molecule has 1 N–H and O–H groups in total. The Balaban J connectivity index is 2.20. The van der Waals surface area contributed by atoms with Gasteiger partial charge < -0.3 is 19.4 Å². The number of aromatic nitrogens is 3. The summed E-state index contributed by atoms with van der Waals surface area (Å²) < 4.78 is 12.3. The third-order valence-corrected chi connectivity index (χ3v) is 3.01. The second-order valence-electron chi connectivity index (χ2n) is 3.90. The first-order chi connectivity index (χ1) is 9.15. The topological polar surface area (TPSA) is 61.2 Å². The predicted octanol–water partition coefficient (Wildman–Crippen LogP) is 2.10. The molecule has 1 aromatic heterocycles. The van der Waals surface area contributed by atoms with Crippen molar-refractivity contribution in [2.75, 3.05) is 19.5 Å². The van der Waals surface area contributed by atoms with Crippen molar-refractivity contribution in [2.24, 2.45) is 7.05 Å². The summed E-state index contributed by atoms with van der Waals surface area (Å²) in [6.45, 7) is 0.523. The SMILES string of the molecule is COc1cc(OC)c(NCc2nncn2C)cc1Cl. The predicted molar refractivity (Wildman–Crippen MR) is 72.9 cm³/mol. The van der Waals surface area contributed by atoms with Crippen molar-refractivity contribution in [1.82, 2.24) is 14.8 Å². The van der Waals surface area contributed by atoms with E-state index in [9.17, 15) is 0 Å². The van der Waals surface area contributed by atoms with Gasteiger partial charge in [-0.2, -0.15) is 0 Å². The molecule has 102 valence electrons. The van der Waals surface area contributed by atoms with Crippen LogP contribution >= 0.6 is 11.6 Å². The molecule has 0 atom stereocenters. The summed E-state index contributed by atoms with van der Waals surface area (Å²) in [6, 6.07) is 3.50. The molecular weight excluding hydrogens is 268 g/mol. The van der Waals surface area contributed by atoms with Crippen LogP contribution in [0.25, 0.3) is 0 Å². The van der Waals surface area contributed by atoms with E-state index in [1.54, 1.807) is 32.7 Å². The molecule has 6 nitrogen and oxygen atoms in total. The largest absolute Gasteiger partial charge is 0.495 e. The fourth-order valence-corrected chi connectivity index (χ4v) is 1.88. The monoisotopic (exact) mass is 282 g/mol. The molecule has 0 spiro atoms. The number of methoxy groups -OCH3 is 2. The Morgan fingerprint density at radius 1 is 1.26 bits per heavy atom. The molecule has 0 amide bonds. The average molecular weight is 283 g/mol. The van der Waals surface area contributed by atoms with Gasteiger partial charge in [-0.05, 0) is 6.07 Å². The van der Waals surface area contributed by atoms with Gasteiger partial charge in [0.2, 0.25) is 0 Å². The van der Waals surface area contributed by atoms with Gasteiger partial charge in [0.05, 0.1) is 31.5 Å². The minimum absolute atomic E-state index is 0.517. The molecule has 0 aliphatic heterocycles. The van der Waals surface area contributed by atoms with Gasteiger partial charge in [-0.25, -0.2) is 0 Å². The van der Waals surface area contributed by atoms with Gasteiger partial charge in [0.1, 0.15) is 17.8 Å². The van der Waals surface area contributed by atoms with Gasteiger partial charge in [-0.1, -0.05) is 11.6 Å². The Morgan fingerprint density at radius 2 is 2.00 bits per heavy atom. The maximum atomic E-state index is 6.10. The van der Waals surface area contributed by atoms with Crippen molar-refractivity contribution in [3.8, 4) is 11.5 Å². The Kier molecular flexibility index (Phi) is 4.11. The highest BCUT2D eigenvalue weighted by Crippen LogP contribution is 2.35. The Labute approximate surface area is 116 Å². The normalized spacial score (nSPS) is 10.3. The third-order valence-electron chi connectivity index (χ3n) is 2.72. The Hall–Kier alpha value is -1.95. The summed E-state index contributed by atoms with van der Waals surface area (Å²) in [6.07, 6.45) is 1.65. The molecule has 7 heteroatoms. The van der Waals surface area contributed by atoms with Crippen molar-refractivity contribution in [3.63, 3.8) is 0 Å². The maximum Gasteiger partial charge on any atom is 0.151 e. The van der Waals surface area contributed by atoms with E-state index in [4.69, 9.17) is 21.1 Å². The molecule has 2 aromatic rings. The summed E-state index contributed by atoms with van der Waals surface area (Å²) >= 11 is 6.10. The maximum absolute atomic E-state index is 6.10. The molecule has 0 saturated heterocycles. The number of anilines is 1. The first-order valence-corrected chi connectivity index (χ1v) is 6.01. The number of benzene rings is 1. The molecule has 0 radical (unpaired) electrons. The summed E-state index contributed by atoms with van der Waals surface area (Å²) in [5, 5.41) is 11.5. The van der Waals surface area contributed by atoms with Gasteiger partial charge in [0.25, 0.3) is 0 Å². The zero-order valence-electron chi connectivity index (χ0n) is 11.0. The van der Waals surface area contributed by atoms with E-state index in [1.165, 1.54) is 0 Å². The minimum atomic E-state index is 0.517. The average Bonchev–Trinajstić information content (AvgIpc) is 2.82. The molecule has 1 heterocycles. The Bertz CT molecular complexity index is 571. The highest BCUT2D eigenvalue weighted by Gasteiger charge is 2.10. The molecule has 1 aromatic carbocycles. The van der Waals surface area contributed by atoms with E-state index in [0.717, 1.165) is 11.5 Å². The van der Waals surface area contributed by atoms with Crippen LogP contribution in [0.1, 0.15) is 5.82 Å². The van der Waals surface area contributed by atoms with E-state index in [0.29, 0.717) is 23.1 Å². The van der Waals surface area contributed by atoms with E-state index >= 15 is 0 Å². The fourth-order valence-electron chi connectivity index (χ4n) is 1.64. The van der Waals surface area contributed by atoms with E-state index < -0.39 is 0 Å². The number of halogens is 1. The first kappa shape index (κ1) is 13.5. The van der Waals surface area contributed by atoms with E-state index in [1.807, 2.05) is 11.6 Å². The zero-order chi connectivity index (χ0) is 13.8. The van der Waals surface area contributed by atoms with E-state index in [-0.39, 0.29) is 0 Å². The summed E-state index contributed by atoms with van der Waals surface area (Å²) in [5.74, 6) is 2.04. The van der Waals surface area contributed by atoms with Gasteiger partial charge >= 0.3 is 0 Å². The van der Waals surface area contributed by atoms with Gasteiger partial charge in [0, 0.05) is 13.1 Å². The van der Waals surface area contributed by atoms with Crippen molar-refractivity contribution < 1.29 is 9.47 Å². The van der Waals surface area contributed by atoms with Crippen LogP contribution in [0.15, 0.2) is 18.5 Å². The number of aryl methyl sites for hydroxylation is 1. The molecule has 0 unspecified atom stereocenters. The molecule has 0 fully saturated rings. The molecule has 2 rings (SSSR count). The second kappa shape index (κ2) is 5.79. The number of ether oxygens (including phenoxy) is 2.